The van der Waals surface area contributed by atoms with Gasteiger partial charge >= 0.3 is 11.6 Å². The number of esters is 1. The Balaban J connectivity index is 2.24. The number of hydrogen-bond acceptors (Lipinski definition) is 9. The molecule has 2 heterocycles. The van der Waals surface area contributed by atoms with Crippen molar-refractivity contribution < 1.29 is 23.9 Å². The van der Waals surface area contributed by atoms with Gasteiger partial charge in [0.15, 0.2) is 0 Å². The first-order valence-electron chi connectivity index (χ1n) is 7.50. The summed E-state index contributed by atoms with van der Waals surface area (Å²) in [7, 11) is 1.18. The van der Waals surface area contributed by atoms with Crippen molar-refractivity contribution in [3.05, 3.63) is 74.3 Å². The Hall–Kier alpha value is -3.30. The summed E-state index contributed by atoms with van der Waals surface area (Å²) in [5.41, 5.74) is 5.68. The van der Waals surface area contributed by atoms with Gasteiger partial charge in [-0.3, -0.25) is 5.21 Å². The van der Waals surface area contributed by atoms with Crippen LogP contribution in [-0.4, -0.2) is 18.3 Å². The number of nitrogens with zero attached hydrogens (tertiary/aromatic N) is 1. The van der Waals surface area contributed by atoms with Crippen LogP contribution >= 0.6 is 0 Å². The average molecular weight is 359 g/mol. The van der Waals surface area contributed by atoms with E-state index < -0.39 is 17.5 Å². The second kappa shape index (κ2) is 6.54. The van der Waals surface area contributed by atoms with Gasteiger partial charge in [0.1, 0.15) is 17.1 Å². The molecule has 2 aromatic rings. The van der Waals surface area contributed by atoms with Crippen molar-refractivity contribution in [2.75, 3.05) is 12.3 Å². The summed E-state index contributed by atoms with van der Waals surface area (Å²) < 4.78 is 15.3. The molecule has 0 spiro atoms. The van der Waals surface area contributed by atoms with Crippen LogP contribution in [0.5, 0.6) is 5.75 Å². The van der Waals surface area contributed by atoms with E-state index in [9.17, 15) is 14.8 Å². The number of anilines is 1. The van der Waals surface area contributed by atoms with Gasteiger partial charge in [0.25, 0.3) is 0 Å². The Morgan fingerprint density at radius 3 is 2.58 bits per heavy atom. The molecule has 0 bridgehead atoms. The van der Waals surface area contributed by atoms with Crippen molar-refractivity contribution in [3.8, 4) is 5.75 Å². The molecule has 0 saturated heterocycles. The van der Waals surface area contributed by atoms with Gasteiger partial charge in [-0.25, -0.2) is 9.59 Å². The Morgan fingerprint density at radius 2 is 2.00 bits per heavy atom. The van der Waals surface area contributed by atoms with Crippen molar-refractivity contribution in [1.29, 1.82) is 0 Å². The lowest BCUT2D eigenvalue weighted by molar-refractivity contribution is -0.136. The Kier molecular flexibility index (Phi) is 4.41. The molecule has 1 aromatic carbocycles. The van der Waals surface area contributed by atoms with Crippen molar-refractivity contribution in [2.45, 2.75) is 12.8 Å². The van der Waals surface area contributed by atoms with Crippen molar-refractivity contribution in [2.24, 2.45) is 5.73 Å². The van der Waals surface area contributed by atoms with Crippen molar-refractivity contribution in [3.63, 3.8) is 0 Å². The lowest BCUT2D eigenvalue weighted by Gasteiger charge is -2.28. The molecule has 0 radical (unpaired) electrons. The van der Waals surface area contributed by atoms with E-state index in [2.05, 4.69) is 0 Å². The molecule has 1 aliphatic heterocycles. The molecule has 0 fully saturated rings. The summed E-state index contributed by atoms with van der Waals surface area (Å²) in [6.45, 7) is 1.58. The number of rotatable bonds is 3. The standard InChI is InChI=1S/C17H15N2O7/c1-8-7-11-13(17(21)25-8)12(14(15(18)26-11)16(20)24-2)9-3-5-10(6-4-9)19(22)23/h3-7,12,22H,18H2,1-2H3/q-1/t12-/m1/s1. The molecule has 0 aliphatic carbocycles. The second-order valence-corrected chi connectivity index (χ2v) is 5.59. The van der Waals surface area contributed by atoms with E-state index in [1.54, 1.807) is 6.92 Å². The first-order chi connectivity index (χ1) is 12.3. The summed E-state index contributed by atoms with van der Waals surface area (Å²) in [6, 6.07) is 7.11. The minimum Gasteiger partial charge on any atom is -0.733 e. The molecule has 1 atom stereocenters. The molecule has 9 heteroatoms. The van der Waals surface area contributed by atoms with Gasteiger partial charge in [-0.05, 0) is 24.6 Å². The van der Waals surface area contributed by atoms with Gasteiger partial charge in [0.05, 0.1) is 24.3 Å². The molecular formula is C17H15N2O7-. The van der Waals surface area contributed by atoms with E-state index in [1.165, 1.54) is 37.4 Å². The third kappa shape index (κ3) is 2.89. The van der Waals surface area contributed by atoms with Gasteiger partial charge in [0, 0.05) is 6.07 Å². The van der Waals surface area contributed by atoms with E-state index >= 15 is 0 Å². The number of carbonyl (C=O) groups excluding carboxylic acids is 1. The maximum absolute atomic E-state index is 12.4. The average Bonchev–Trinajstić information content (AvgIpc) is 2.59. The van der Waals surface area contributed by atoms with Crippen LogP contribution in [0.3, 0.4) is 0 Å². The topological polar surface area (TPSA) is 138 Å². The predicted molar refractivity (Wildman–Crippen MR) is 89.5 cm³/mol. The first-order valence-corrected chi connectivity index (χ1v) is 7.50. The number of hydrogen-bond donors (Lipinski definition) is 2. The van der Waals surface area contributed by atoms with E-state index in [1.807, 2.05) is 0 Å². The van der Waals surface area contributed by atoms with Crippen LogP contribution in [0.1, 0.15) is 22.8 Å². The highest BCUT2D eigenvalue weighted by Gasteiger charge is 2.38. The number of benzene rings is 1. The summed E-state index contributed by atoms with van der Waals surface area (Å²) >= 11 is 0. The summed E-state index contributed by atoms with van der Waals surface area (Å²) in [5.74, 6) is -1.40. The first kappa shape index (κ1) is 17.5. The van der Waals surface area contributed by atoms with Gasteiger partial charge in [-0.2, -0.15) is 0 Å². The molecule has 0 amide bonds. The molecule has 26 heavy (non-hydrogen) atoms. The third-order valence-corrected chi connectivity index (χ3v) is 3.99. The molecule has 136 valence electrons. The largest absolute Gasteiger partial charge is 0.733 e. The van der Waals surface area contributed by atoms with Crippen molar-refractivity contribution in [1.82, 2.24) is 0 Å². The highest BCUT2D eigenvalue weighted by Crippen LogP contribution is 2.41. The fraction of sp³-hybridized carbons (Fsp3) is 0.176. The lowest BCUT2D eigenvalue weighted by atomic mass is 9.83. The predicted octanol–water partition coefficient (Wildman–Crippen LogP) is 1.51. The molecule has 0 saturated carbocycles. The highest BCUT2D eigenvalue weighted by molar-refractivity contribution is 5.92. The normalized spacial score (nSPS) is 15.9. The van der Waals surface area contributed by atoms with E-state index in [-0.39, 0.29) is 33.7 Å². The van der Waals surface area contributed by atoms with Crippen LogP contribution in [0.2, 0.25) is 0 Å². The fourth-order valence-electron chi connectivity index (χ4n) is 2.85. The van der Waals surface area contributed by atoms with E-state index in [0.29, 0.717) is 11.3 Å². The van der Waals surface area contributed by atoms with Crippen LogP contribution in [0.4, 0.5) is 5.69 Å². The molecular weight excluding hydrogens is 344 g/mol. The maximum atomic E-state index is 12.4. The van der Waals surface area contributed by atoms with Crippen molar-refractivity contribution >= 4 is 11.7 Å². The number of methoxy groups -OCH3 is 1. The molecule has 1 aliphatic rings. The van der Waals surface area contributed by atoms with Gasteiger partial charge in [-0.15, -0.1) is 0 Å². The van der Waals surface area contributed by atoms with E-state index in [0.717, 1.165) is 0 Å². The Morgan fingerprint density at radius 1 is 1.35 bits per heavy atom. The minimum absolute atomic E-state index is 0.0199. The van der Waals surface area contributed by atoms with E-state index in [4.69, 9.17) is 24.8 Å². The number of fused-ring (bicyclic) bond motifs is 1. The zero-order valence-corrected chi connectivity index (χ0v) is 13.9. The van der Waals surface area contributed by atoms with Gasteiger partial charge in [0.2, 0.25) is 5.88 Å². The SMILES string of the molecule is COC(=O)C1=C(N)Oc2cc(C)oc(=O)c2[C@H]1c1ccc(N([O-])O)cc1. The quantitative estimate of drug-likeness (QED) is 0.616. The summed E-state index contributed by atoms with van der Waals surface area (Å²) in [5, 5.41) is 19.6. The number of nitrogens with two attached hydrogens (primary N) is 1. The van der Waals surface area contributed by atoms with Crippen LogP contribution in [0.15, 0.2) is 51.0 Å². The number of ether oxygens (including phenoxy) is 2. The van der Waals surface area contributed by atoms with Gasteiger partial charge < -0.3 is 30.1 Å². The summed E-state index contributed by atoms with van der Waals surface area (Å²) in [6.07, 6.45) is 0. The molecule has 1 aromatic heterocycles. The number of carbonyl (C=O) groups is 1. The maximum Gasteiger partial charge on any atom is 0.343 e. The Labute approximate surface area is 147 Å². The Bertz CT molecular complexity index is 945. The van der Waals surface area contributed by atoms with Crippen LogP contribution in [0.25, 0.3) is 0 Å². The minimum atomic E-state index is -0.920. The molecule has 9 nitrogen and oxygen atoms in total. The highest BCUT2D eigenvalue weighted by atomic mass is 16.8. The molecule has 3 rings (SSSR count). The van der Waals surface area contributed by atoms with Crippen LogP contribution < -0.4 is 21.3 Å². The zero-order chi connectivity index (χ0) is 19.0. The molecule has 0 unspecified atom stereocenters. The molecule has 3 N–H and O–H groups in total. The lowest BCUT2D eigenvalue weighted by Crippen LogP contribution is -2.30. The van der Waals surface area contributed by atoms with Gasteiger partial charge in [-0.1, -0.05) is 12.1 Å². The monoisotopic (exact) mass is 359 g/mol. The van der Waals surface area contributed by atoms with Crippen LogP contribution in [-0.2, 0) is 9.53 Å². The fourth-order valence-corrected chi connectivity index (χ4v) is 2.85. The zero-order valence-electron chi connectivity index (χ0n) is 13.9. The second-order valence-electron chi connectivity index (χ2n) is 5.59. The smallest absolute Gasteiger partial charge is 0.343 e. The third-order valence-electron chi connectivity index (χ3n) is 3.99. The summed E-state index contributed by atoms with van der Waals surface area (Å²) in [4.78, 5) is 24.7. The number of aryl methyl sites for hydroxylation is 1. The van der Waals surface area contributed by atoms with Crippen LogP contribution in [0, 0.1) is 12.1 Å².